The molecular weight excluding hydrogens is 216 g/mol. The van der Waals surface area contributed by atoms with E-state index in [0.29, 0.717) is 26.4 Å². The largest absolute Gasteiger partial charge is 0.396 e. The summed E-state index contributed by atoms with van der Waals surface area (Å²) in [6, 6.07) is 8.57. The van der Waals surface area contributed by atoms with Crippen LogP contribution >= 0.6 is 0 Å². The van der Waals surface area contributed by atoms with E-state index in [2.05, 4.69) is 31.2 Å². The third-order valence-corrected chi connectivity index (χ3v) is 4.38. The second-order valence-corrected chi connectivity index (χ2v) is 5.37. The predicted molar refractivity (Wildman–Crippen MR) is 64.0 cm³/mol. The molecular formula is C14H18O3. The van der Waals surface area contributed by atoms with E-state index in [0.717, 1.165) is 0 Å². The molecule has 0 unspecified atom stereocenters. The van der Waals surface area contributed by atoms with Crippen molar-refractivity contribution < 1.29 is 14.6 Å². The molecule has 2 aliphatic rings. The Bertz CT molecular complexity index is 396. The van der Waals surface area contributed by atoms with Crippen LogP contribution in [0.3, 0.4) is 0 Å². The number of benzene rings is 1. The van der Waals surface area contributed by atoms with Gasteiger partial charge in [-0.2, -0.15) is 0 Å². The van der Waals surface area contributed by atoms with Gasteiger partial charge in [-0.1, -0.05) is 29.8 Å². The van der Waals surface area contributed by atoms with Crippen molar-refractivity contribution in [3.05, 3.63) is 35.4 Å². The van der Waals surface area contributed by atoms with Crippen LogP contribution in [0.5, 0.6) is 0 Å². The van der Waals surface area contributed by atoms with Gasteiger partial charge >= 0.3 is 0 Å². The lowest BCUT2D eigenvalue weighted by Gasteiger charge is -2.58. The normalized spacial score (nSPS) is 24.8. The van der Waals surface area contributed by atoms with Gasteiger partial charge in [0.05, 0.1) is 43.9 Å². The van der Waals surface area contributed by atoms with E-state index in [1.807, 2.05) is 0 Å². The van der Waals surface area contributed by atoms with Gasteiger partial charge in [0.15, 0.2) is 0 Å². The molecule has 3 nitrogen and oxygen atoms in total. The number of aliphatic hydroxyl groups is 1. The lowest BCUT2D eigenvalue weighted by molar-refractivity contribution is -0.242. The van der Waals surface area contributed by atoms with Crippen LogP contribution in [-0.4, -0.2) is 38.1 Å². The van der Waals surface area contributed by atoms with Crippen molar-refractivity contribution in [2.45, 2.75) is 12.3 Å². The fourth-order valence-corrected chi connectivity index (χ4v) is 2.83. The van der Waals surface area contributed by atoms with E-state index in [9.17, 15) is 5.11 Å². The molecule has 0 spiro atoms. The summed E-state index contributed by atoms with van der Waals surface area (Å²) in [7, 11) is 0. The molecule has 92 valence electrons. The second-order valence-electron chi connectivity index (χ2n) is 5.37. The zero-order chi connectivity index (χ0) is 11.9. The predicted octanol–water partition coefficient (Wildman–Crippen LogP) is 1.27. The van der Waals surface area contributed by atoms with Crippen molar-refractivity contribution >= 4 is 0 Å². The molecule has 1 N–H and O–H groups in total. The summed E-state index contributed by atoms with van der Waals surface area (Å²) in [4.78, 5) is 0. The minimum Gasteiger partial charge on any atom is -0.396 e. The highest BCUT2D eigenvalue weighted by molar-refractivity contribution is 5.35. The van der Waals surface area contributed by atoms with E-state index in [-0.39, 0.29) is 17.4 Å². The van der Waals surface area contributed by atoms with Crippen molar-refractivity contribution in [2.24, 2.45) is 5.41 Å². The Morgan fingerprint density at radius 1 is 1.06 bits per heavy atom. The summed E-state index contributed by atoms with van der Waals surface area (Å²) in [5.74, 6) is 0. The highest BCUT2D eigenvalue weighted by atomic mass is 16.5. The molecule has 0 aromatic heterocycles. The van der Waals surface area contributed by atoms with Crippen LogP contribution in [0.2, 0.25) is 0 Å². The Morgan fingerprint density at radius 2 is 1.65 bits per heavy atom. The SMILES string of the molecule is Cc1ccc(C2(C3(CO)COC3)COC2)cc1. The maximum Gasteiger partial charge on any atom is 0.0593 e. The van der Waals surface area contributed by atoms with Gasteiger partial charge in [0.1, 0.15) is 0 Å². The standard InChI is InChI=1S/C14H18O3/c1-11-2-4-12(5-3-11)14(9-17-10-14)13(6-15)7-16-8-13/h2-5,15H,6-10H2,1H3. The first kappa shape index (κ1) is 11.2. The monoisotopic (exact) mass is 234 g/mol. The highest BCUT2D eigenvalue weighted by Crippen LogP contribution is 2.51. The second kappa shape index (κ2) is 3.80. The topological polar surface area (TPSA) is 38.7 Å². The fourth-order valence-electron chi connectivity index (χ4n) is 2.83. The van der Waals surface area contributed by atoms with Crippen molar-refractivity contribution in [3.63, 3.8) is 0 Å². The third-order valence-electron chi connectivity index (χ3n) is 4.38. The lowest BCUT2D eigenvalue weighted by Crippen LogP contribution is -2.68. The number of hydrogen-bond acceptors (Lipinski definition) is 3. The Hall–Kier alpha value is -0.900. The molecule has 0 radical (unpaired) electrons. The van der Waals surface area contributed by atoms with Gasteiger partial charge in [-0.15, -0.1) is 0 Å². The number of rotatable bonds is 3. The Labute approximate surface area is 101 Å². The minimum absolute atomic E-state index is 0.0479. The van der Waals surface area contributed by atoms with Gasteiger partial charge in [-0.25, -0.2) is 0 Å². The molecule has 1 aromatic rings. The van der Waals surface area contributed by atoms with Crippen molar-refractivity contribution in [1.82, 2.24) is 0 Å². The van der Waals surface area contributed by atoms with Crippen molar-refractivity contribution in [2.75, 3.05) is 33.0 Å². The van der Waals surface area contributed by atoms with Gasteiger partial charge in [0.2, 0.25) is 0 Å². The first-order valence-corrected chi connectivity index (χ1v) is 6.06. The molecule has 0 amide bonds. The molecule has 0 atom stereocenters. The van der Waals surface area contributed by atoms with E-state index in [4.69, 9.17) is 9.47 Å². The van der Waals surface area contributed by atoms with Crippen molar-refractivity contribution in [3.8, 4) is 0 Å². The van der Waals surface area contributed by atoms with E-state index in [1.54, 1.807) is 0 Å². The van der Waals surface area contributed by atoms with Gasteiger partial charge in [0, 0.05) is 0 Å². The lowest BCUT2D eigenvalue weighted by atomic mass is 9.57. The molecule has 2 heterocycles. The first-order valence-electron chi connectivity index (χ1n) is 6.06. The number of hydrogen-bond donors (Lipinski definition) is 1. The van der Waals surface area contributed by atoms with E-state index < -0.39 is 0 Å². The summed E-state index contributed by atoms with van der Waals surface area (Å²) >= 11 is 0. The van der Waals surface area contributed by atoms with Crippen LogP contribution in [0.1, 0.15) is 11.1 Å². The number of ether oxygens (including phenoxy) is 2. The van der Waals surface area contributed by atoms with Crippen molar-refractivity contribution in [1.29, 1.82) is 0 Å². The van der Waals surface area contributed by atoms with Gasteiger partial charge in [-0.05, 0) is 12.5 Å². The van der Waals surface area contributed by atoms with Crippen LogP contribution in [0.15, 0.2) is 24.3 Å². The van der Waals surface area contributed by atoms with Gasteiger partial charge in [-0.3, -0.25) is 0 Å². The zero-order valence-electron chi connectivity index (χ0n) is 10.1. The molecule has 0 saturated carbocycles. The summed E-state index contributed by atoms with van der Waals surface area (Å²) < 4.78 is 10.8. The Kier molecular flexibility index (Phi) is 2.51. The molecule has 2 aliphatic heterocycles. The number of aryl methyl sites for hydroxylation is 1. The Morgan fingerprint density at radius 3 is 2.00 bits per heavy atom. The van der Waals surface area contributed by atoms with Gasteiger partial charge in [0.25, 0.3) is 0 Å². The smallest absolute Gasteiger partial charge is 0.0593 e. The molecule has 0 aliphatic carbocycles. The van der Waals surface area contributed by atoms with E-state index in [1.165, 1.54) is 11.1 Å². The van der Waals surface area contributed by atoms with Crippen LogP contribution < -0.4 is 0 Å². The quantitative estimate of drug-likeness (QED) is 0.856. The summed E-state index contributed by atoms with van der Waals surface area (Å²) in [6.07, 6.45) is 0. The molecule has 2 saturated heterocycles. The summed E-state index contributed by atoms with van der Waals surface area (Å²) in [5.41, 5.74) is 2.34. The third kappa shape index (κ3) is 1.39. The average molecular weight is 234 g/mol. The molecule has 17 heavy (non-hydrogen) atoms. The molecule has 1 aromatic carbocycles. The fraction of sp³-hybridized carbons (Fsp3) is 0.571. The zero-order valence-corrected chi connectivity index (χ0v) is 10.1. The summed E-state index contributed by atoms with van der Waals surface area (Å²) in [5, 5.41) is 9.72. The minimum atomic E-state index is -0.138. The molecule has 3 heteroatoms. The summed E-state index contributed by atoms with van der Waals surface area (Å²) in [6.45, 7) is 4.92. The van der Waals surface area contributed by atoms with Gasteiger partial charge < -0.3 is 14.6 Å². The van der Waals surface area contributed by atoms with Crippen LogP contribution in [-0.2, 0) is 14.9 Å². The van der Waals surface area contributed by atoms with Crippen LogP contribution in [0.25, 0.3) is 0 Å². The van der Waals surface area contributed by atoms with Crippen LogP contribution in [0.4, 0.5) is 0 Å². The highest BCUT2D eigenvalue weighted by Gasteiger charge is 2.60. The van der Waals surface area contributed by atoms with E-state index >= 15 is 0 Å². The molecule has 3 rings (SSSR count). The van der Waals surface area contributed by atoms with Crippen LogP contribution in [0, 0.1) is 12.3 Å². The maximum atomic E-state index is 9.72. The average Bonchev–Trinajstić information content (AvgIpc) is 2.22. The first-order chi connectivity index (χ1) is 8.22. The molecule has 0 bridgehead atoms. The molecule has 2 fully saturated rings. The Balaban J connectivity index is 1.99. The maximum absolute atomic E-state index is 9.72. The number of aliphatic hydroxyl groups excluding tert-OH is 1.